The number of carbonyl (C=O) groups excluding carboxylic acids is 5. The van der Waals surface area contributed by atoms with Crippen LogP contribution in [-0.4, -0.2) is 120 Å². The molecule has 1 saturated carbocycles. The van der Waals surface area contributed by atoms with Crippen LogP contribution in [-0.2, 0) is 46.7 Å². The molecule has 2 aromatic rings. The Kier molecular flexibility index (Phi) is 24.6. The highest BCUT2D eigenvalue weighted by atomic mass is 16.5. The Hall–Kier alpha value is -5.06. The number of rotatable bonds is 29. The van der Waals surface area contributed by atoms with E-state index in [0.717, 1.165) is 56.1 Å². The highest BCUT2D eigenvalue weighted by Gasteiger charge is 2.39. The van der Waals surface area contributed by atoms with Gasteiger partial charge in [-0.3, -0.25) is 24.1 Å². The van der Waals surface area contributed by atoms with Crippen LogP contribution >= 0.6 is 0 Å². The van der Waals surface area contributed by atoms with Crippen LogP contribution in [0.25, 0.3) is 0 Å². The second-order valence-electron chi connectivity index (χ2n) is 17.5. The monoisotopic (exact) mass is 908 g/mol. The van der Waals surface area contributed by atoms with Gasteiger partial charge in [-0.05, 0) is 69.5 Å². The van der Waals surface area contributed by atoms with Gasteiger partial charge < -0.3 is 46.5 Å². The van der Waals surface area contributed by atoms with Gasteiger partial charge in [-0.2, -0.15) is 0 Å². The molecular weight excluding hydrogens is 831 g/mol. The van der Waals surface area contributed by atoms with Crippen LogP contribution in [0.2, 0.25) is 0 Å². The third kappa shape index (κ3) is 18.8. The van der Waals surface area contributed by atoms with E-state index in [9.17, 15) is 33.9 Å². The number of likely N-dealkylation sites (N-methyl/N-ethyl adjacent to an activating group) is 1. The molecule has 0 saturated heterocycles. The molecule has 0 bridgehead atoms. The molecule has 2 aromatic carbocycles. The van der Waals surface area contributed by atoms with Crippen molar-refractivity contribution >= 4 is 35.7 Å². The van der Waals surface area contributed by atoms with Gasteiger partial charge in [-0.1, -0.05) is 126 Å². The lowest BCUT2D eigenvalue weighted by atomic mass is 9.83. The molecule has 1 fully saturated rings. The first-order chi connectivity index (χ1) is 31.2. The molecule has 0 aliphatic heterocycles. The minimum Gasteiger partial charge on any atom is -0.480 e. The van der Waals surface area contributed by atoms with Crippen LogP contribution in [0.1, 0.15) is 123 Å². The van der Waals surface area contributed by atoms with Gasteiger partial charge in [0.2, 0.25) is 23.6 Å². The molecule has 0 unspecified atom stereocenters. The van der Waals surface area contributed by atoms with Crippen molar-refractivity contribution in [2.24, 2.45) is 11.7 Å². The zero-order chi connectivity index (χ0) is 47.7. The predicted molar refractivity (Wildman–Crippen MR) is 250 cm³/mol. The number of nitrogens with one attached hydrogen (secondary N) is 4. The molecule has 3 rings (SSSR count). The Labute approximate surface area is 386 Å². The number of nitrogens with two attached hydrogens (primary N) is 1. The number of hydrogen-bond donors (Lipinski definition) is 6. The Morgan fingerprint density at radius 3 is 1.94 bits per heavy atom. The van der Waals surface area contributed by atoms with E-state index in [0.29, 0.717) is 45.2 Å². The number of alkyl carbamates (subject to hydrolysis) is 1. The molecule has 0 heterocycles. The number of aliphatic carboxylic acids is 1. The third-order valence-electron chi connectivity index (χ3n) is 11.9. The molecule has 1 aliphatic rings. The van der Waals surface area contributed by atoms with E-state index in [4.69, 9.17) is 15.2 Å². The fourth-order valence-corrected chi connectivity index (χ4v) is 8.20. The van der Waals surface area contributed by atoms with E-state index in [-0.39, 0.29) is 31.1 Å². The lowest BCUT2D eigenvalue weighted by Gasteiger charge is -2.38. The maximum Gasteiger partial charge on any atom is 0.407 e. The summed E-state index contributed by atoms with van der Waals surface area (Å²) in [6.07, 6.45) is 7.11. The Morgan fingerprint density at radius 2 is 1.37 bits per heavy atom. The average Bonchev–Trinajstić information content (AvgIpc) is 3.30. The van der Waals surface area contributed by atoms with Crippen molar-refractivity contribution in [3.63, 3.8) is 0 Å². The van der Waals surface area contributed by atoms with Crippen molar-refractivity contribution in [3.05, 3.63) is 71.8 Å². The predicted octanol–water partition coefficient (Wildman–Crippen LogP) is 5.27. The van der Waals surface area contributed by atoms with Crippen molar-refractivity contribution < 1.29 is 43.3 Å². The largest absolute Gasteiger partial charge is 0.480 e. The maximum absolute atomic E-state index is 14.6. The Bertz CT molecular complexity index is 1750. The number of benzene rings is 2. The van der Waals surface area contributed by atoms with Gasteiger partial charge in [-0.15, -0.1) is 0 Å². The Morgan fingerprint density at radius 1 is 0.754 bits per heavy atom. The smallest absolute Gasteiger partial charge is 0.407 e. The van der Waals surface area contributed by atoms with Gasteiger partial charge in [0.1, 0.15) is 24.7 Å². The van der Waals surface area contributed by atoms with Gasteiger partial charge in [0.05, 0.1) is 25.3 Å². The summed E-state index contributed by atoms with van der Waals surface area (Å²) in [4.78, 5) is 86.8. The molecule has 0 aromatic heterocycles. The van der Waals surface area contributed by atoms with Crippen LogP contribution in [0.5, 0.6) is 0 Å². The first kappa shape index (κ1) is 54.3. The van der Waals surface area contributed by atoms with Crippen molar-refractivity contribution in [1.29, 1.82) is 0 Å². The zero-order valence-corrected chi connectivity index (χ0v) is 39.6. The topological polar surface area (TPSA) is 222 Å². The molecule has 65 heavy (non-hydrogen) atoms. The van der Waals surface area contributed by atoms with Gasteiger partial charge in [0, 0.05) is 19.6 Å². The van der Waals surface area contributed by atoms with E-state index >= 15 is 0 Å². The number of ether oxygens (including phenoxy) is 2. The van der Waals surface area contributed by atoms with Gasteiger partial charge in [-0.25, -0.2) is 9.59 Å². The van der Waals surface area contributed by atoms with Crippen molar-refractivity contribution in [1.82, 2.24) is 31.1 Å². The SMILES string of the molecule is CCCC[C@@H](C(=O)N(C)[C@@H](CCC)C(=O)N[C@H](C(=O)N[C@@H](CNC(=O)OCc1ccccc1)C(=O)N[C@H](C(=O)O)[C@H](C)OCc1ccccc1)C1CCCCC1)N(CCCC)C[C@@H](C)N. The third-order valence-corrected chi connectivity index (χ3v) is 11.9. The van der Waals surface area contributed by atoms with Gasteiger partial charge in [0.25, 0.3) is 0 Å². The van der Waals surface area contributed by atoms with E-state index in [2.05, 4.69) is 40.0 Å². The van der Waals surface area contributed by atoms with Crippen molar-refractivity contribution in [2.75, 3.05) is 26.7 Å². The highest BCUT2D eigenvalue weighted by molar-refractivity contribution is 5.96. The normalized spacial score (nSPS) is 16.2. The summed E-state index contributed by atoms with van der Waals surface area (Å²) in [5.74, 6) is -3.92. The number of carboxylic acid groups (broad SMARTS) is 1. The summed E-state index contributed by atoms with van der Waals surface area (Å²) in [6, 6.07) is 12.5. The van der Waals surface area contributed by atoms with Crippen LogP contribution < -0.4 is 27.0 Å². The molecule has 0 spiro atoms. The molecule has 16 nitrogen and oxygen atoms in total. The minimum atomic E-state index is -1.53. The highest BCUT2D eigenvalue weighted by Crippen LogP contribution is 2.27. The summed E-state index contributed by atoms with van der Waals surface area (Å²) < 4.78 is 11.2. The standard InChI is InChI=1S/C49H77N7O9/c1-7-10-28-41(56(29-11-8-2)31-34(4)50)47(60)55(6)40(21-9-3)45(58)54-43(38-26-19-14-20-27-38)46(59)52-39(30-51-49(63)65-33-37-24-17-13-18-25-37)44(57)53-42(48(61)62)35(5)64-32-36-22-15-12-16-23-36/h12-13,15-18,22-25,34-35,38-43H,7-11,14,19-21,26-33,50H2,1-6H3,(H,51,63)(H,52,59)(H,53,57)(H,54,58)(H,61,62)/t34-,35+,39+,40+,41+,42+,43+/m1/s1. The molecule has 7 N–H and O–H groups in total. The van der Waals surface area contributed by atoms with Gasteiger partial charge in [0.15, 0.2) is 6.04 Å². The van der Waals surface area contributed by atoms with Crippen molar-refractivity contribution in [2.45, 2.75) is 167 Å². The lowest BCUT2D eigenvalue weighted by molar-refractivity contribution is -0.147. The quantitative estimate of drug-likeness (QED) is 0.0617. The molecule has 5 amide bonds. The number of unbranched alkanes of at least 4 members (excludes halogenated alkanes) is 2. The first-order valence-electron chi connectivity index (χ1n) is 23.7. The van der Waals surface area contributed by atoms with Crippen molar-refractivity contribution in [3.8, 4) is 0 Å². The van der Waals surface area contributed by atoms with Crippen LogP contribution in [0.15, 0.2) is 60.7 Å². The summed E-state index contributed by atoms with van der Waals surface area (Å²) >= 11 is 0. The Balaban J connectivity index is 1.91. The number of amides is 5. The number of nitrogens with zero attached hydrogens (tertiary/aromatic N) is 2. The van der Waals surface area contributed by atoms with Crippen LogP contribution in [0, 0.1) is 5.92 Å². The number of carboxylic acids is 1. The van der Waals surface area contributed by atoms with Crippen LogP contribution in [0.3, 0.4) is 0 Å². The van der Waals surface area contributed by atoms with E-state index in [1.807, 2.05) is 50.2 Å². The zero-order valence-electron chi connectivity index (χ0n) is 39.6. The number of carbonyl (C=O) groups is 6. The molecule has 1 aliphatic carbocycles. The number of hydrogen-bond acceptors (Lipinski definition) is 10. The molecule has 362 valence electrons. The maximum atomic E-state index is 14.6. The molecule has 16 heteroatoms. The summed E-state index contributed by atoms with van der Waals surface area (Å²) in [7, 11) is 1.65. The minimum absolute atomic E-state index is 0.0544. The first-order valence-corrected chi connectivity index (χ1v) is 23.7. The fraction of sp³-hybridized carbons (Fsp3) is 0.633. The molecule has 7 atom stereocenters. The second-order valence-corrected chi connectivity index (χ2v) is 17.5. The summed E-state index contributed by atoms with van der Waals surface area (Å²) in [6.45, 7) is 10.3. The average molecular weight is 908 g/mol. The lowest BCUT2D eigenvalue weighted by Crippen LogP contribution is -2.62. The van der Waals surface area contributed by atoms with E-state index < -0.39 is 72.6 Å². The summed E-state index contributed by atoms with van der Waals surface area (Å²) in [5, 5.41) is 21.0. The fourth-order valence-electron chi connectivity index (χ4n) is 8.20. The summed E-state index contributed by atoms with van der Waals surface area (Å²) in [5.41, 5.74) is 7.80. The van der Waals surface area contributed by atoms with Gasteiger partial charge >= 0.3 is 12.1 Å². The second kappa shape index (κ2) is 29.5. The van der Waals surface area contributed by atoms with Crippen LogP contribution in [0.4, 0.5) is 4.79 Å². The van der Waals surface area contributed by atoms with E-state index in [1.165, 1.54) is 11.8 Å². The molecule has 0 radical (unpaired) electrons. The molecular formula is C49H77N7O9. The van der Waals surface area contributed by atoms with E-state index in [1.54, 1.807) is 31.3 Å².